The van der Waals surface area contributed by atoms with Crippen molar-refractivity contribution in [1.82, 2.24) is 9.13 Å². The zero-order valence-electron chi connectivity index (χ0n) is 15.2. The molecular weight excluding hydrogens is 276 g/mol. The fourth-order valence-corrected chi connectivity index (χ4v) is 2.88. The first kappa shape index (κ1) is 16.4. The van der Waals surface area contributed by atoms with Crippen LogP contribution in [0.4, 0.5) is 11.9 Å². The predicted octanol–water partition coefficient (Wildman–Crippen LogP) is 0.770. The fourth-order valence-electron chi connectivity index (χ4n) is 2.88. The highest BCUT2D eigenvalue weighted by molar-refractivity contribution is 5.28. The van der Waals surface area contributed by atoms with Gasteiger partial charge >= 0.3 is 11.9 Å². The highest BCUT2D eigenvalue weighted by atomic mass is 15.3. The van der Waals surface area contributed by atoms with Crippen LogP contribution in [-0.2, 0) is 28.2 Å². The van der Waals surface area contributed by atoms with E-state index >= 15 is 0 Å². The molecule has 6 nitrogen and oxygen atoms in total. The third-order valence-corrected chi connectivity index (χ3v) is 5.02. The topological polar surface area (TPSA) is 41.7 Å². The summed E-state index contributed by atoms with van der Waals surface area (Å²) in [6.45, 7) is 10.3. The minimum atomic E-state index is 0.869. The van der Waals surface area contributed by atoms with Crippen molar-refractivity contribution in [2.24, 2.45) is 28.2 Å². The lowest BCUT2D eigenvalue weighted by Crippen LogP contribution is -2.37. The maximum Gasteiger partial charge on any atom is 0.357 e. The van der Waals surface area contributed by atoms with Crippen LogP contribution in [0.2, 0.25) is 0 Å². The summed E-state index contributed by atoms with van der Waals surface area (Å²) >= 11 is 0. The van der Waals surface area contributed by atoms with Crippen molar-refractivity contribution < 1.29 is 9.13 Å². The van der Waals surface area contributed by atoms with E-state index in [1.165, 1.54) is 22.8 Å². The number of hydrogen-bond acceptors (Lipinski definition) is 2. The molecule has 2 rings (SSSR count). The van der Waals surface area contributed by atoms with Gasteiger partial charge in [-0.3, -0.25) is 10.6 Å². The Labute approximate surface area is 133 Å². The van der Waals surface area contributed by atoms with E-state index in [1.54, 1.807) is 0 Å². The third kappa shape index (κ3) is 2.58. The molecule has 0 fully saturated rings. The molecule has 0 bridgehead atoms. The van der Waals surface area contributed by atoms with Gasteiger partial charge in [0.1, 0.15) is 22.8 Å². The molecule has 122 valence electrons. The first-order valence-corrected chi connectivity index (χ1v) is 7.78. The molecule has 0 aromatic carbocycles. The minimum absolute atomic E-state index is 0.869. The zero-order valence-corrected chi connectivity index (χ0v) is 15.2. The van der Waals surface area contributed by atoms with Gasteiger partial charge in [0.15, 0.2) is 0 Å². The molecule has 2 aromatic heterocycles. The average molecular weight is 306 g/mol. The normalized spacial score (nSPS) is 11.1. The summed E-state index contributed by atoms with van der Waals surface area (Å²) in [4.78, 5) is 0. The molecule has 0 aliphatic rings. The molecular formula is C16H30N6+2. The Morgan fingerprint density at radius 2 is 1.05 bits per heavy atom. The summed E-state index contributed by atoms with van der Waals surface area (Å²) in [7, 11) is 8.40. The highest BCUT2D eigenvalue weighted by Gasteiger charge is 2.20. The molecule has 2 aromatic rings. The summed E-state index contributed by atoms with van der Waals surface area (Å²) in [6, 6.07) is 0. The van der Waals surface area contributed by atoms with Crippen LogP contribution < -0.4 is 19.8 Å². The van der Waals surface area contributed by atoms with Crippen molar-refractivity contribution >= 4 is 11.9 Å². The van der Waals surface area contributed by atoms with E-state index in [-0.39, 0.29) is 0 Å². The second-order valence-corrected chi connectivity index (χ2v) is 6.08. The van der Waals surface area contributed by atoms with Crippen molar-refractivity contribution in [3.05, 3.63) is 22.8 Å². The van der Waals surface area contributed by atoms with Crippen LogP contribution in [0.5, 0.6) is 0 Å². The second-order valence-electron chi connectivity index (χ2n) is 6.08. The first-order chi connectivity index (χ1) is 10.3. The van der Waals surface area contributed by atoms with Gasteiger partial charge in [-0.25, -0.2) is 18.3 Å². The van der Waals surface area contributed by atoms with Crippen LogP contribution in [0, 0.1) is 27.7 Å². The molecule has 2 N–H and O–H groups in total. The molecule has 0 aliphatic carbocycles. The Morgan fingerprint density at radius 1 is 0.727 bits per heavy atom. The Balaban J connectivity index is 1.99. The number of aromatic nitrogens is 4. The van der Waals surface area contributed by atoms with E-state index in [1.807, 2.05) is 0 Å². The van der Waals surface area contributed by atoms with Crippen LogP contribution in [0.25, 0.3) is 0 Å². The van der Waals surface area contributed by atoms with Gasteiger partial charge in [0.2, 0.25) is 0 Å². The summed E-state index contributed by atoms with van der Waals surface area (Å²) in [5.41, 5.74) is 5.16. The molecule has 0 unspecified atom stereocenters. The molecule has 22 heavy (non-hydrogen) atoms. The lowest BCUT2D eigenvalue weighted by Gasteiger charge is -2.04. The first-order valence-electron chi connectivity index (χ1n) is 7.78. The van der Waals surface area contributed by atoms with Gasteiger partial charge in [-0.05, 0) is 27.7 Å². The number of anilines is 2. The Kier molecular flexibility index (Phi) is 4.49. The monoisotopic (exact) mass is 306 g/mol. The van der Waals surface area contributed by atoms with Crippen LogP contribution in [0.1, 0.15) is 22.8 Å². The van der Waals surface area contributed by atoms with Gasteiger partial charge in [0.05, 0.1) is 41.3 Å². The van der Waals surface area contributed by atoms with Gasteiger partial charge in [0.25, 0.3) is 0 Å². The van der Waals surface area contributed by atoms with Crippen molar-refractivity contribution in [2.75, 3.05) is 23.7 Å². The van der Waals surface area contributed by atoms with Gasteiger partial charge in [-0.2, -0.15) is 0 Å². The van der Waals surface area contributed by atoms with E-state index in [9.17, 15) is 0 Å². The second kappa shape index (κ2) is 6.02. The average Bonchev–Trinajstić information content (AvgIpc) is 2.79. The molecule has 0 radical (unpaired) electrons. The Hall–Kier alpha value is -1.98. The number of nitrogens with one attached hydrogen (secondary N) is 2. The Bertz CT molecular complexity index is 581. The van der Waals surface area contributed by atoms with Gasteiger partial charge in [-0.1, -0.05) is 0 Å². The van der Waals surface area contributed by atoms with E-state index in [4.69, 9.17) is 0 Å². The highest BCUT2D eigenvalue weighted by Crippen LogP contribution is 2.10. The van der Waals surface area contributed by atoms with E-state index in [0.29, 0.717) is 0 Å². The molecule has 0 saturated carbocycles. The standard InChI is InChI=1S/C16H28N6/c1-11-12(2)20(6)15(19(11)5)17-9-10-18-16-21(7)13(3)14(4)22(16)8/h9-10H2,1-8H3/p+2. The van der Waals surface area contributed by atoms with E-state index in [0.717, 1.165) is 25.0 Å². The van der Waals surface area contributed by atoms with Crippen molar-refractivity contribution in [3.8, 4) is 0 Å². The number of nitrogens with zero attached hydrogens (tertiary/aromatic N) is 4. The van der Waals surface area contributed by atoms with Crippen LogP contribution in [0.15, 0.2) is 0 Å². The van der Waals surface area contributed by atoms with Gasteiger partial charge in [0, 0.05) is 0 Å². The molecule has 0 atom stereocenters. The van der Waals surface area contributed by atoms with Crippen molar-refractivity contribution in [3.63, 3.8) is 0 Å². The van der Waals surface area contributed by atoms with Crippen LogP contribution in [-0.4, -0.2) is 22.2 Å². The smallest absolute Gasteiger partial charge is 0.274 e. The van der Waals surface area contributed by atoms with Crippen molar-refractivity contribution in [2.45, 2.75) is 27.7 Å². The quantitative estimate of drug-likeness (QED) is 0.633. The third-order valence-electron chi connectivity index (χ3n) is 5.02. The van der Waals surface area contributed by atoms with E-state index in [2.05, 4.69) is 84.8 Å². The van der Waals surface area contributed by atoms with Crippen molar-refractivity contribution in [1.29, 1.82) is 0 Å². The molecule has 0 aliphatic heterocycles. The Morgan fingerprint density at radius 3 is 1.27 bits per heavy atom. The SMILES string of the molecule is Cc1c(C)[n+](C)c(NCCNc2n(C)c(C)c(C)[n+]2C)n1C. The van der Waals surface area contributed by atoms with Crippen LogP contribution in [0.3, 0.4) is 0 Å². The van der Waals surface area contributed by atoms with Crippen LogP contribution >= 0.6 is 0 Å². The maximum atomic E-state index is 3.52. The molecule has 0 spiro atoms. The number of hydrogen-bond donors (Lipinski definition) is 2. The fraction of sp³-hybridized carbons (Fsp3) is 0.625. The number of rotatable bonds is 5. The predicted molar refractivity (Wildman–Crippen MR) is 89.1 cm³/mol. The summed E-state index contributed by atoms with van der Waals surface area (Å²) in [5.74, 6) is 2.28. The summed E-state index contributed by atoms with van der Waals surface area (Å²) < 4.78 is 8.80. The molecule has 0 saturated heterocycles. The maximum absolute atomic E-state index is 3.52. The molecule has 2 heterocycles. The van der Waals surface area contributed by atoms with Gasteiger partial charge in [-0.15, -0.1) is 0 Å². The van der Waals surface area contributed by atoms with E-state index < -0.39 is 0 Å². The molecule has 0 amide bonds. The summed E-state index contributed by atoms with van der Waals surface area (Å²) in [6.07, 6.45) is 0. The lowest BCUT2D eigenvalue weighted by atomic mass is 10.4. The zero-order chi connectivity index (χ0) is 16.6. The lowest BCUT2D eigenvalue weighted by molar-refractivity contribution is -0.663. The largest absolute Gasteiger partial charge is 0.357 e. The minimum Gasteiger partial charge on any atom is -0.274 e. The van der Waals surface area contributed by atoms with Gasteiger partial charge < -0.3 is 0 Å². The number of imidazole rings is 2. The summed E-state index contributed by atoms with van der Waals surface area (Å²) in [5, 5.41) is 7.04. The molecule has 6 heteroatoms.